The topological polar surface area (TPSA) is 62.7 Å². The highest BCUT2D eigenvalue weighted by Gasteiger charge is 2.37. The number of likely N-dealkylation sites (tertiary alicyclic amines) is 1. The molecule has 6 heteroatoms. The second-order valence-electron chi connectivity index (χ2n) is 5.97. The summed E-state index contributed by atoms with van der Waals surface area (Å²) < 4.78 is 18.0. The number of methoxy groups -OCH3 is 1. The van der Waals surface area contributed by atoms with Gasteiger partial charge in [0.2, 0.25) is 0 Å². The largest absolute Gasteiger partial charge is 0.479 e. The minimum Gasteiger partial charge on any atom is -0.479 e. The summed E-state index contributed by atoms with van der Waals surface area (Å²) in [7, 11) is 1.43. The molecule has 2 aromatic rings. The third kappa shape index (κ3) is 3.60. The van der Waals surface area contributed by atoms with E-state index >= 15 is 0 Å². The molecule has 0 aliphatic carbocycles. The average molecular weight is 330 g/mol. The Bertz CT molecular complexity index is 714. The molecule has 24 heavy (non-hydrogen) atoms. The minimum atomic E-state index is -0.918. The molecule has 1 atom stereocenters. The van der Waals surface area contributed by atoms with Crippen molar-refractivity contribution < 1.29 is 19.0 Å². The van der Waals surface area contributed by atoms with Crippen molar-refractivity contribution in [2.75, 3.05) is 20.2 Å². The average Bonchev–Trinajstić information content (AvgIpc) is 2.53. The third-order valence-electron chi connectivity index (χ3n) is 4.24. The number of hydrogen-bond acceptors (Lipinski definition) is 4. The van der Waals surface area contributed by atoms with Crippen LogP contribution in [0.3, 0.4) is 0 Å². The lowest BCUT2D eigenvalue weighted by atomic mass is 9.93. The molecular weight excluding hydrogens is 311 g/mol. The zero-order valence-corrected chi connectivity index (χ0v) is 13.4. The fourth-order valence-electron chi connectivity index (χ4n) is 3.00. The van der Waals surface area contributed by atoms with Crippen LogP contribution in [-0.2, 0) is 16.1 Å². The molecule has 0 amide bonds. The molecule has 1 N–H and O–H groups in total. The summed E-state index contributed by atoms with van der Waals surface area (Å²) in [5.74, 6) is -1.18. The van der Waals surface area contributed by atoms with Crippen LogP contribution in [0.25, 0.3) is 11.3 Å². The second-order valence-corrected chi connectivity index (χ2v) is 5.97. The molecule has 0 radical (unpaired) electrons. The zero-order chi connectivity index (χ0) is 17.1. The standard InChI is InChI=1S/C18H19FN2O3/c1-24-17(18(22)23)13-9-21(10-13)11-15-3-2-4-16(20-15)12-5-7-14(19)8-6-12/h2-8,13,17H,9-11H2,1H3,(H,22,23). The van der Waals surface area contributed by atoms with E-state index in [0.29, 0.717) is 19.6 Å². The highest BCUT2D eigenvalue weighted by Crippen LogP contribution is 2.24. The Labute approximate surface area is 139 Å². The number of pyridine rings is 1. The quantitative estimate of drug-likeness (QED) is 0.881. The van der Waals surface area contributed by atoms with E-state index in [1.165, 1.54) is 19.2 Å². The summed E-state index contributed by atoms with van der Waals surface area (Å²) in [5.41, 5.74) is 2.56. The lowest BCUT2D eigenvalue weighted by Gasteiger charge is -2.41. The van der Waals surface area contributed by atoms with Gasteiger partial charge in [0, 0.05) is 38.2 Å². The van der Waals surface area contributed by atoms with E-state index in [1.54, 1.807) is 12.1 Å². The van der Waals surface area contributed by atoms with Crippen LogP contribution in [0.5, 0.6) is 0 Å². The summed E-state index contributed by atoms with van der Waals surface area (Å²) in [6.45, 7) is 2.00. The lowest BCUT2D eigenvalue weighted by molar-refractivity contribution is -0.156. The summed E-state index contributed by atoms with van der Waals surface area (Å²) >= 11 is 0. The minimum absolute atomic E-state index is 0.00720. The van der Waals surface area contributed by atoms with E-state index in [2.05, 4.69) is 9.88 Å². The Kier molecular flexibility index (Phi) is 4.87. The molecule has 1 aliphatic rings. The first kappa shape index (κ1) is 16.5. The van der Waals surface area contributed by atoms with Gasteiger partial charge in [-0.3, -0.25) is 9.88 Å². The van der Waals surface area contributed by atoms with Gasteiger partial charge < -0.3 is 9.84 Å². The van der Waals surface area contributed by atoms with Crippen molar-refractivity contribution in [3.05, 3.63) is 54.0 Å². The van der Waals surface area contributed by atoms with Crippen LogP contribution in [-0.4, -0.2) is 47.3 Å². The summed E-state index contributed by atoms with van der Waals surface area (Å²) in [4.78, 5) is 17.8. The molecule has 1 aromatic carbocycles. The summed E-state index contributed by atoms with van der Waals surface area (Å²) in [5, 5.41) is 9.08. The van der Waals surface area contributed by atoms with E-state index < -0.39 is 12.1 Å². The molecular formula is C18H19FN2O3. The molecule has 1 unspecified atom stereocenters. The number of benzene rings is 1. The Morgan fingerprint density at radius 1 is 1.33 bits per heavy atom. The number of carboxylic acids is 1. The van der Waals surface area contributed by atoms with Crippen molar-refractivity contribution in [2.45, 2.75) is 12.6 Å². The van der Waals surface area contributed by atoms with Crippen molar-refractivity contribution >= 4 is 5.97 Å². The summed E-state index contributed by atoms with van der Waals surface area (Å²) in [6, 6.07) is 12.0. The van der Waals surface area contributed by atoms with Crippen molar-refractivity contribution in [3.63, 3.8) is 0 Å². The van der Waals surface area contributed by atoms with Crippen molar-refractivity contribution in [2.24, 2.45) is 5.92 Å². The van der Waals surface area contributed by atoms with Gasteiger partial charge in [-0.25, -0.2) is 9.18 Å². The maximum Gasteiger partial charge on any atom is 0.333 e. The first-order chi connectivity index (χ1) is 11.6. The molecule has 3 rings (SSSR count). The van der Waals surface area contributed by atoms with Crippen molar-refractivity contribution in [1.29, 1.82) is 0 Å². The smallest absolute Gasteiger partial charge is 0.333 e. The van der Waals surface area contributed by atoms with Crippen LogP contribution in [0.15, 0.2) is 42.5 Å². The number of rotatable bonds is 6. The maximum atomic E-state index is 13.0. The number of hydrogen-bond donors (Lipinski definition) is 1. The van der Waals surface area contributed by atoms with E-state index in [9.17, 15) is 9.18 Å². The van der Waals surface area contributed by atoms with E-state index in [0.717, 1.165) is 17.0 Å². The lowest BCUT2D eigenvalue weighted by Crippen LogP contribution is -2.53. The third-order valence-corrected chi connectivity index (χ3v) is 4.24. The van der Waals surface area contributed by atoms with Gasteiger partial charge in [-0.1, -0.05) is 6.07 Å². The van der Waals surface area contributed by atoms with E-state index in [1.807, 2.05) is 18.2 Å². The van der Waals surface area contributed by atoms with Gasteiger partial charge in [-0.05, 0) is 36.4 Å². The molecule has 1 aromatic heterocycles. The van der Waals surface area contributed by atoms with Crippen LogP contribution in [0.4, 0.5) is 4.39 Å². The number of carbonyl (C=O) groups is 1. The van der Waals surface area contributed by atoms with Crippen LogP contribution >= 0.6 is 0 Å². The maximum absolute atomic E-state index is 13.0. The molecule has 5 nitrogen and oxygen atoms in total. The zero-order valence-electron chi connectivity index (χ0n) is 13.4. The first-order valence-electron chi connectivity index (χ1n) is 7.76. The Morgan fingerprint density at radius 2 is 2.04 bits per heavy atom. The van der Waals surface area contributed by atoms with Gasteiger partial charge in [-0.15, -0.1) is 0 Å². The highest BCUT2D eigenvalue weighted by molar-refractivity contribution is 5.73. The molecule has 0 bridgehead atoms. The Balaban J connectivity index is 1.62. The monoisotopic (exact) mass is 330 g/mol. The molecule has 1 fully saturated rings. The highest BCUT2D eigenvalue weighted by atomic mass is 19.1. The van der Waals surface area contributed by atoms with Crippen LogP contribution < -0.4 is 0 Å². The first-order valence-corrected chi connectivity index (χ1v) is 7.76. The molecule has 1 saturated heterocycles. The predicted molar refractivity (Wildman–Crippen MR) is 86.8 cm³/mol. The van der Waals surface area contributed by atoms with Gasteiger partial charge in [0.15, 0.2) is 6.10 Å². The Morgan fingerprint density at radius 3 is 2.67 bits per heavy atom. The fraction of sp³-hybridized carbons (Fsp3) is 0.333. The van der Waals surface area contributed by atoms with Gasteiger partial charge in [0.05, 0.1) is 11.4 Å². The molecule has 0 spiro atoms. The van der Waals surface area contributed by atoms with Crippen LogP contribution in [0, 0.1) is 11.7 Å². The predicted octanol–water partition coefficient (Wildman–Crippen LogP) is 2.42. The van der Waals surface area contributed by atoms with Gasteiger partial charge >= 0.3 is 5.97 Å². The Hall–Kier alpha value is -2.31. The van der Waals surface area contributed by atoms with Gasteiger partial charge in [0.1, 0.15) is 5.82 Å². The number of halogens is 1. The van der Waals surface area contributed by atoms with Crippen molar-refractivity contribution in [1.82, 2.24) is 9.88 Å². The van der Waals surface area contributed by atoms with E-state index in [-0.39, 0.29) is 11.7 Å². The van der Waals surface area contributed by atoms with Crippen LogP contribution in [0.1, 0.15) is 5.69 Å². The molecule has 0 saturated carbocycles. The number of aliphatic carboxylic acids is 1. The molecule has 2 heterocycles. The SMILES string of the molecule is COC(C(=O)O)C1CN(Cc2cccc(-c3ccc(F)cc3)n2)C1. The second kappa shape index (κ2) is 7.07. The van der Waals surface area contributed by atoms with E-state index in [4.69, 9.17) is 9.84 Å². The molecule has 1 aliphatic heterocycles. The molecule has 126 valence electrons. The van der Waals surface area contributed by atoms with Gasteiger partial charge in [0.25, 0.3) is 0 Å². The van der Waals surface area contributed by atoms with Crippen LogP contribution in [0.2, 0.25) is 0 Å². The van der Waals surface area contributed by atoms with Gasteiger partial charge in [-0.2, -0.15) is 0 Å². The summed E-state index contributed by atoms with van der Waals surface area (Å²) in [6.07, 6.45) is -0.750. The fourth-order valence-corrected chi connectivity index (χ4v) is 3.00. The normalized spacial score (nSPS) is 16.6. The number of aromatic nitrogens is 1. The van der Waals surface area contributed by atoms with Crippen molar-refractivity contribution in [3.8, 4) is 11.3 Å². The number of carboxylic acid groups (broad SMARTS) is 1. The number of ether oxygens (including phenoxy) is 1. The number of nitrogens with zero attached hydrogens (tertiary/aromatic N) is 2.